The number of anilines is 1. The predicted octanol–water partition coefficient (Wildman–Crippen LogP) is 1.29. The summed E-state index contributed by atoms with van der Waals surface area (Å²) >= 11 is 0. The van der Waals surface area contributed by atoms with E-state index in [0.717, 1.165) is 18.0 Å². The molecule has 1 aromatic rings. The van der Waals surface area contributed by atoms with Crippen molar-refractivity contribution in [2.75, 3.05) is 65.2 Å². The van der Waals surface area contributed by atoms with Gasteiger partial charge in [-0.3, -0.25) is 4.79 Å². The lowest BCUT2D eigenvalue weighted by atomic mass is 10.3. The van der Waals surface area contributed by atoms with Gasteiger partial charge < -0.3 is 29.6 Å². The molecule has 0 saturated carbocycles. The van der Waals surface area contributed by atoms with E-state index < -0.39 is 0 Å². The average Bonchev–Trinajstić information content (AvgIpc) is 2.57. The van der Waals surface area contributed by atoms with Crippen LogP contribution >= 0.6 is 0 Å². The van der Waals surface area contributed by atoms with Crippen molar-refractivity contribution in [2.24, 2.45) is 0 Å². The minimum atomic E-state index is -0.0937. The molecule has 1 rings (SSSR count). The highest BCUT2D eigenvalue weighted by atomic mass is 16.6. The third-order valence-electron chi connectivity index (χ3n) is 2.91. The maximum absolute atomic E-state index is 10.9. The summed E-state index contributed by atoms with van der Waals surface area (Å²) in [5.74, 6) is 0.645. The standard InChI is InChI=1S/C17H28N2O5/c1-15(20)19-16-3-5-17(6-4-16)24-14-13-23-12-11-22-10-9-21-8-7-18-2/h3-6,18H,7-14H2,1-2H3,(H,19,20). The second-order valence-electron chi connectivity index (χ2n) is 4.99. The summed E-state index contributed by atoms with van der Waals surface area (Å²) in [6.07, 6.45) is 0. The van der Waals surface area contributed by atoms with Gasteiger partial charge in [0.2, 0.25) is 5.91 Å². The maximum atomic E-state index is 10.9. The van der Waals surface area contributed by atoms with Crippen LogP contribution in [-0.2, 0) is 19.0 Å². The van der Waals surface area contributed by atoms with E-state index in [0.29, 0.717) is 46.2 Å². The van der Waals surface area contributed by atoms with E-state index in [9.17, 15) is 4.79 Å². The first-order valence-electron chi connectivity index (χ1n) is 8.10. The first-order chi connectivity index (χ1) is 11.7. The molecule has 0 aliphatic carbocycles. The molecule has 24 heavy (non-hydrogen) atoms. The first kappa shape index (κ1) is 20.4. The number of nitrogens with one attached hydrogen (secondary N) is 2. The fourth-order valence-corrected chi connectivity index (χ4v) is 1.77. The SMILES string of the molecule is CNCCOCCOCCOCCOc1ccc(NC(C)=O)cc1. The normalized spacial score (nSPS) is 10.6. The third-order valence-corrected chi connectivity index (χ3v) is 2.91. The number of hydrogen-bond donors (Lipinski definition) is 2. The van der Waals surface area contributed by atoms with Gasteiger partial charge in [0.05, 0.1) is 39.6 Å². The van der Waals surface area contributed by atoms with Crippen molar-refractivity contribution < 1.29 is 23.7 Å². The Morgan fingerprint density at radius 3 is 1.96 bits per heavy atom. The maximum Gasteiger partial charge on any atom is 0.221 e. The van der Waals surface area contributed by atoms with Gasteiger partial charge in [0.25, 0.3) is 0 Å². The number of amides is 1. The smallest absolute Gasteiger partial charge is 0.221 e. The van der Waals surface area contributed by atoms with Crippen LogP contribution in [0.15, 0.2) is 24.3 Å². The molecule has 0 radical (unpaired) electrons. The van der Waals surface area contributed by atoms with Crippen molar-refractivity contribution in [3.05, 3.63) is 24.3 Å². The van der Waals surface area contributed by atoms with Crippen molar-refractivity contribution >= 4 is 11.6 Å². The van der Waals surface area contributed by atoms with Gasteiger partial charge in [0.15, 0.2) is 0 Å². The summed E-state index contributed by atoms with van der Waals surface area (Å²) in [5.41, 5.74) is 0.748. The summed E-state index contributed by atoms with van der Waals surface area (Å²) in [4.78, 5) is 10.9. The molecule has 136 valence electrons. The quantitative estimate of drug-likeness (QED) is 0.497. The van der Waals surface area contributed by atoms with Crippen LogP contribution in [0, 0.1) is 0 Å². The van der Waals surface area contributed by atoms with Crippen LogP contribution in [0.4, 0.5) is 5.69 Å². The van der Waals surface area contributed by atoms with Crippen molar-refractivity contribution in [3.63, 3.8) is 0 Å². The zero-order valence-corrected chi connectivity index (χ0v) is 14.5. The molecular weight excluding hydrogens is 312 g/mol. The van der Waals surface area contributed by atoms with Gasteiger partial charge in [-0.05, 0) is 31.3 Å². The van der Waals surface area contributed by atoms with Crippen molar-refractivity contribution in [1.82, 2.24) is 5.32 Å². The van der Waals surface area contributed by atoms with E-state index in [-0.39, 0.29) is 5.91 Å². The van der Waals surface area contributed by atoms with Crippen LogP contribution in [0.25, 0.3) is 0 Å². The van der Waals surface area contributed by atoms with Gasteiger partial charge in [0.1, 0.15) is 12.4 Å². The molecule has 0 aliphatic rings. The zero-order valence-electron chi connectivity index (χ0n) is 14.5. The van der Waals surface area contributed by atoms with Crippen LogP contribution in [-0.4, -0.2) is 65.7 Å². The minimum absolute atomic E-state index is 0.0937. The largest absolute Gasteiger partial charge is 0.491 e. The molecule has 7 nitrogen and oxygen atoms in total. The summed E-state index contributed by atoms with van der Waals surface area (Å²) < 4.78 is 21.7. The first-order valence-corrected chi connectivity index (χ1v) is 8.10. The third kappa shape index (κ3) is 11.0. The van der Waals surface area contributed by atoms with Crippen molar-refractivity contribution in [1.29, 1.82) is 0 Å². The van der Waals surface area contributed by atoms with Gasteiger partial charge >= 0.3 is 0 Å². The molecule has 0 aromatic heterocycles. The Bertz CT molecular complexity index is 439. The van der Waals surface area contributed by atoms with Crippen LogP contribution in [0.3, 0.4) is 0 Å². The molecule has 0 aliphatic heterocycles. The number of carbonyl (C=O) groups excluding carboxylic acids is 1. The van der Waals surface area contributed by atoms with Crippen LogP contribution in [0.2, 0.25) is 0 Å². The number of rotatable bonds is 14. The monoisotopic (exact) mass is 340 g/mol. The highest BCUT2D eigenvalue weighted by molar-refractivity contribution is 5.88. The molecule has 0 atom stereocenters. The number of likely N-dealkylation sites (N-methyl/N-ethyl adjacent to an activating group) is 1. The van der Waals surface area contributed by atoms with Crippen molar-refractivity contribution in [2.45, 2.75) is 6.92 Å². The van der Waals surface area contributed by atoms with Crippen LogP contribution in [0.1, 0.15) is 6.92 Å². The Hall–Kier alpha value is -1.67. The van der Waals surface area contributed by atoms with Gasteiger partial charge in [0, 0.05) is 19.2 Å². The second kappa shape index (κ2) is 13.7. The molecule has 0 spiro atoms. The molecule has 1 aromatic carbocycles. The molecule has 2 N–H and O–H groups in total. The Morgan fingerprint density at radius 1 is 0.875 bits per heavy atom. The van der Waals surface area contributed by atoms with E-state index in [1.807, 2.05) is 19.2 Å². The molecular formula is C17H28N2O5. The van der Waals surface area contributed by atoms with E-state index in [1.54, 1.807) is 12.1 Å². The molecule has 7 heteroatoms. The van der Waals surface area contributed by atoms with E-state index >= 15 is 0 Å². The van der Waals surface area contributed by atoms with Gasteiger partial charge in [-0.25, -0.2) is 0 Å². The molecule has 0 fully saturated rings. The summed E-state index contributed by atoms with van der Waals surface area (Å²) in [7, 11) is 1.89. The van der Waals surface area contributed by atoms with Crippen molar-refractivity contribution in [3.8, 4) is 5.75 Å². The minimum Gasteiger partial charge on any atom is -0.491 e. The Morgan fingerprint density at radius 2 is 1.42 bits per heavy atom. The van der Waals surface area contributed by atoms with Crippen LogP contribution < -0.4 is 15.4 Å². The Balaban J connectivity index is 1.92. The van der Waals surface area contributed by atoms with Gasteiger partial charge in [-0.1, -0.05) is 0 Å². The van der Waals surface area contributed by atoms with E-state index in [2.05, 4.69) is 10.6 Å². The number of ether oxygens (including phenoxy) is 4. The Kier molecular flexibility index (Phi) is 11.7. The lowest BCUT2D eigenvalue weighted by molar-refractivity contribution is -0.114. The molecule has 0 heterocycles. The highest BCUT2D eigenvalue weighted by Crippen LogP contribution is 2.15. The highest BCUT2D eigenvalue weighted by Gasteiger charge is 1.97. The molecule has 0 bridgehead atoms. The average molecular weight is 340 g/mol. The summed E-state index contributed by atoms with van der Waals surface area (Å²) in [5, 5.41) is 5.71. The van der Waals surface area contributed by atoms with E-state index in [4.69, 9.17) is 18.9 Å². The van der Waals surface area contributed by atoms with Gasteiger partial charge in [-0.2, -0.15) is 0 Å². The Labute approximate surface area is 143 Å². The molecule has 0 saturated heterocycles. The lowest BCUT2D eigenvalue weighted by Gasteiger charge is -2.09. The number of benzene rings is 1. The fraction of sp³-hybridized carbons (Fsp3) is 0.588. The zero-order chi connectivity index (χ0) is 17.5. The fourth-order valence-electron chi connectivity index (χ4n) is 1.77. The van der Waals surface area contributed by atoms with Gasteiger partial charge in [-0.15, -0.1) is 0 Å². The number of hydrogen-bond acceptors (Lipinski definition) is 6. The topological polar surface area (TPSA) is 78.1 Å². The van der Waals surface area contributed by atoms with Crippen LogP contribution in [0.5, 0.6) is 5.75 Å². The van der Waals surface area contributed by atoms with E-state index in [1.165, 1.54) is 6.92 Å². The summed E-state index contributed by atoms with van der Waals surface area (Å²) in [6, 6.07) is 7.21. The molecule has 1 amide bonds. The number of carbonyl (C=O) groups is 1. The second-order valence-corrected chi connectivity index (χ2v) is 4.99. The molecule has 0 unspecified atom stereocenters. The predicted molar refractivity (Wildman–Crippen MR) is 92.6 cm³/mol. The summed E-state index contributed by atoms with van der Waals surface area (Å²) in [6.45, 7) is 6.22. The lowest BCUT2D eigenvalue weighted by Crippen LogP contribution is -2.17.